The highest BCUT2D eigenvalue weighted by molar-refractivity contribution is 14.1. The predicted octanol–water partition coefficient (Wildman–Crippen LogP) is 4.00. The lowest BCUT2D eigenvalue weighted by atomic mass is 9.87. The summed E-state index contributed by atoms with van der Waals surface area (Å²) >= 11 is 2.44. The van der Waals surface area contributed by atoms with Crippen molar-refractivity contribution in [3.05, 3.63) is 24.3 Å². The van der Waals surface area contributed by atoms with Crippen molar-refractivity contribution in [3.63, 3.8) is 0 Å². The minimum Gasteiger partial charge on any atom is -0.399 e. The largest absolute Gasteiger partial charge is 0.399 e. The maximum atomic E-state index is 5.70. The summed E-state index contributed by atoms with van der Waals surface area (Å²) in [5.74, 6) is 0.910. The van der Waals surface area contributed by atoms with Gasteiger partial charge in [0, 0.05) is 17.4 Å². The molecule has 0 saturated heterocycles. The topological polar surface area (TPSA) is 29.3 Å². The van der Waals surface area contributed by atoms with Crippen LogP contribution in [0, 0.1) is 5.92 Å². The third-order valence-corrected chi connectivity index (χ3v) is 4.79. The van der Waals surface area contributed by atoms with E-state index in [0.29, 0.717) is 6.04 Å². The molecule has 1 aromatic carbocycles. The molecule has 0 atom stereocenters. The van der Waals surface area contributed by atoms with Gasteiger partial charge in [-0.2, -0.15) is 0 Å². The van der Waals surface area contributed by atoms with E-state index in [0.717, 1.165) is 11.6 Å². The predicted molar refractivity (Wildman–Crippen MR) is 78.8 cm³/mol. The summed E-state index contributed by atoms with van der Waals surface area (Å²) in [4.78, 5) is 0. The fraction of sp³-hybridized carbons (Fsp3) is 0.538. The first-order valence-electron chi connectivity index (χ1n) is 5.97. The van der Waals surface area contributed by atoms with Crippen LogP contribution >= 0.6 is 22.9 Å². The van der Waals surface area contributed by atoms with Gasteiger partial charge in [-0.25, -0.2) is 0 Å². The van der Waals surface area contributed by atoms with E-state index in [2.05, 4.69) is 45.0 Å². The van der Waals surface area contributed by atoms with E-state index < -0.39 is 0 Å². The summed E-state index contributed by atoms with van der Waals surface area (Å²) in [6, 6.07) is 8.87. The van der Waals surface area contributed by atoms with Crippen LogP contribution in [0.2, 0.25) is 0 Å². The van der Waals surface area contributed by atoms with Crippen molar-refractivity contribution in [1.29, 1.82) is 0 Å². The van der Waals surface area contributed by atoms with E-state index in [1.165, 1.54) is 31.4 Å². The Morgan fingerprint density at radius 2 is 1.69 bits per heavy atom. The first-order valence-corrected chi connectivity index (χ1v) is 6.94. The zero-order chi connectivity index (χ0) is 11.5. The molecule has 0 aromatic heterocycles. The Morgan fingerprint density at radius 1 is 1.12 bits per heavy atom. The van der Waals surface area contributed by atoms with Crippen LogP contribution in [0.15, 0.2) is 24.3 Å². The molecule has 1 aliphatic rings. The van der Waals surface area contributed by atoms with E-state index in [4.69, 9.17) is 5.73 Å². The molecule has 0 aliphatic heterocycles. The van der Waals surface area contributed by atoms with Gasteiger partial charge in [0.1, 0.15) is 0 Å². The van der Waals surface area contributed by atoms with Crippen LogP contribution < -0.4 is 8.85 Å². The summed E-state index contributed by atoms with van der Waals surface area (Å²) in [5.41, 5.74) is 7.81. The Kier molecular flexibility index (Phi) is 3.95. The lowest BCUT2D eigenvalue weighted by Gasteiger charge is -2.33. The zero-order valence-electron chi connectivity index (χ0n) is 9.70. The molecule has 0 bridgehead atoms. The van der Waals surface area contributed by atoms with Crippen molar-refractivity contribution in [3.8, 4) is 0 Å². The normalized spacial score (nSPS) is 25.4. The van der Waals surface area contributed by atoms with Crippen LogP contribution in [-0.2, 0) is 0 Å². The van der Waals surface area contributed by atoms with Crippen LogP contribution in [0.1, 0.15) is 32.6 Å². The molecule has 0 radical (unpaired) electrons. The summed E-state index contributed by atoms with van der Waals surface area (Å²) in [5, 5.41) is 0. The lowest BCUT2D eigenvalue weighted by Crippen LogP contribution is -2.30. The molecule has 2 rings (SSSR count). The van der Waals surface area contributed by atoms with Crippen LogP contribution in [0.4, 0.5) is 11.4 Å². The fourth-order valence-corrected chi connectivity index (χ4v) is 3.18. The van der Waals surface area contributed by atoms with Crippen molar-refractivity contribution in [2.75, 3.05) is 8.85 Å². The summed E-state index contributed by atoms with van der Waals surface area (Å²) in [6.07, 6.45) is 5.35. The van der Waals surface area contributed by atoms with Crippen LogP contribution in [-0.4, -0.2) is 6.04 Å². The minimum absolute atomic E-state index is 0.695. The van der Waals surface area contributed by atoms with Crippen molar-refractivity contribution in [2.24, 2.45) is 5.92 Å². The second-order valence-electron chi connectivity index (χ2n) is 4.82. The smallest absolute Gasteiger partial charge is 0.0594 e. The van der Waals surface area contributed by atoms with Crippen molar-refractivity contribution >= 4 is 34.2 Å². The van der Waals surface area contributed by atoms with Gasteiger partial charge in [-0.05, 0) is 55.9 Å². The maximum Gasteiger partial charge on any atom is 0.0594 e. The first kappa shape index (κ1) is 12.0. The van der Waals surface area contributed by atoms with Gasteiger partial charge in [-0.1, -0.05) is 6.92 Å². The van der Waals surface area contributed by atoms with Gasteiger partial charge >= 0.3 is 0 Å². The second kappa shape index (κ2) is 5.25. The number of benzene rings is 1. The third kappa shape index (κ3) is 2.81. The fourth-order valence-electron chi connectivity index (χ4n) is 2.30. The number of hydrogen-bond donors (Lipinski definition) is 1. The Morgan fingerprint density at radius 3 is 2.25 bits per heavy atom. The molecule has 1 fully saturated rings. The quantitative estimate of drug-likeness (QED) is 0.504. The molecule has 0 unspecified atom stereocenters. The molecule has 1 aliphatic carbocycles. The van der Waals surface area contributed by atoms with Crippen molar-refractivity contribution in [1.82, 2.24) is 0 Å². The first-order chi connectivity index (χ1) is 7.66. The van der Waals surface area contributed by atoms with Gasteiger partial charge in [0.2, 0.25) is 0 Å². The van der Waals surface area contributed by atoms with Gasteiger partial charge in [0.05, 0.1) is 22.9 Å². The standard InChI is InChI=1S/C13H19IN2/c1-10-2-6-12(7-3-10)16(14)13-8-4-11(15)5-9-13/h4-5,8-10,12H,2-3,6-7,15H2,1H3. The highest BCUT2D eigenvalue weighted by Gasteiger charge is 2.22. The number of halogens is 1. The van der Waals surface area contributed by atoms with E-state index in [1.807, 2.05) is 12.1 Å². The molecule has 0 amide bonds. The molecule has 3 heteroatoms. The molecule has 16 heavy (non-hydrogen) atoms. The summed E-state index contributed by atoms with van der Waals surface area (Å²) in [7, 11) is 0. The highest BCUT2D eigenvalue weighted by Crippen LogP contribution is 2.32. The zero-order valence-corrected chi connectivity index (χ0v) is 11.9. The van der Waals surface area contributed by atoms with Gasteiger partial charge in [-0.3, -0.25) is 0 Å². The molecular formula is C13H19IN2. The van der Waals surface area contributed by atoms with Gasteiger partial charge in [0.25, 0.3) is 0 Å². The average Bonchev–Trinajstić information content (AvgIpc) is 2.30. The number of rotatable bonds is 2. The van der Waals surface area contributed by atoms with E-state index in [1.54, 1.807) is 0 Å². The number of nitrogen functional groups attached to an aromatic ring is 1. The SMILES string of the molecule is CC1CCC(N(I)c2ccc(N)cc2)CC1. The Hall–Kier alpha value is -0.450. The molecular weight excluding hydrogens is 311 g/mol. The van der Waals surface area contributed by atoms with Crippen molar-refractivity contribution in [2.45, 2.75) is 38.6 Å². The van der Waals surface area contributed by atoms with E-state index >= 15 is 0 Å². The van der Waals surface area contributed by atoms with Crippen molar-refractivity contribution < 1.29 is 0 Å². The number of hydrogen-bond acceptors (Lipinski definition) is 2. The van der Waals surface area contributed by atoms with Gasteiger partial charge in [0.15, 0.2) is 0 Å². The second-order valence-corrected chi connectivity index (χ2v) is 5.86. The number of nitrogens with two attached hydrogens (primary N) is 1. The summed E-state index contributed by atoms with van der Waals surface area (Å²) < 4.78 is 2.38. The number of nitrogens with zero attached hydrogens (tertiary/aromatic N) is 1. The van der Waals surface area contributed by atoms with Crippen LogP contribution in [0.3, 0.4) is 0 Å². The Bertz CT molecular complexity index is 328. The van der Waals surface area contributed by atoms with E-state index in [9.17, 15) is 0 Å². The highest BCUT2D eigenvalue weighted by atomic mass is 127. The molecule has 88 valence electrons. The van der Waals surface area contributed by atoms with Crippen LogP contribution in [0.25, 0.3) is 0 Å². The summed E-state index contributed by atoms with van der Waals surface area (Å²) in [6.45, 7) is 2.36. The lowest BCUT2D eigenvalue weighted by molar-refractivity contribution is 0.354. The molecule has 1 saturated carbocycles. The third-order valence-electron chi connectivity index (χ3n) is 3.45. The Labute approximate surface area is 112 Å². The maximum absolute atomic E-state index is 5.70. The van der Waals surface area contributed by atoms with Gasteiger partial charge < -0.3 is 8.85 Å². The Balaban J connectivity index is 2.01. The molecule has 2 N–H and O–H groups in total. The van der Waals surface area contributed by atoms with Crippen LogP contribution in [0.5, 0.6) is 0 Å². The average molecular weight is 330 g/mol. The monoisotopic (exact) mass is 330 g/mol. The molecule has 0 spiro atoms. The van der Waals surface area contributed by atoms with E-state index in [-0.39, 0.29) is 0 Å². The number of anilines is 2. The molecule has 0 heterocycles. The molecule has 2 nitrogen and oxygen atoms in total. The van der Waals surface area contributed by atoms with Gasteiger partial charge in [-0.15, -0.1) is 0 Å². The molecule has 1 aromatic rings. The minimum atomic E-state index is 0.695.